The summed E-state index contributed by atoms with van der Waals surface area (Å²) in [7, 11) is 0. The van der Waals surface area contributed by atoms with Gasteiger partial charge in [0.2, 0.25) is 5.91 Å². The molecule has 2 unspecified atom stereocenters. The Balaban J connectivity index is 1.85. The Morgan fingerprint density at radius 3 is 2.82 bits per heavy atom. The predicted octanol–water partition coefficient (Wildman–Crippen LogP) is -0.211. The van der Waals surface area contributed by atoms with Gasteiger partial charge in [-0.25, -0.2) is 0 Å². The highest BCUT2D eigenvalue weighted by molar-refractivity contribution is 5.84. The largest absolute Gasteiger partial charge is 0.381 e. The van der Waals surface area contributed by atoms with Gasteiger partial charge in [0.05, 0.1) is 18.6 Å². The van der Waals surface area contributed by atoms with E-state index in [-0.39, 0.29) is 17.6 Å². The summed E-state index contributed by atoms with van der Waals surface area (Å²) in [5.41, 5.74) is 4.91. The molecule has 5 nitrogen and oxygen atoms in total. The van der Waals surface area contributed by atoms with E-state index in [4.69, 9.17) is 10.5 Å². The van der Waals surface area contributed by atoms with Gasteiger partial charge in [0.1, 0.15) is 0 Å². The topological polar surface area (TPSA) is 72.6 Å². The van der Waals surface area contributed by atoms with E-state index in [1.54, 1.807) is 0 Å². The molecule has 0 spiro atoms. The van der Waals surface area contributed by atoms with Crippen LogP contribution < -0.4 is 5.73 Å². The Bertz CT molecular complexity index is 326. The van der Waals surface area contributed by atoms with Gasteiger partial charge in [0.25, 0.3) is 0 Å². The summed E-state index contributed by atoms with van der Waals surface area (Å²) in [5.74, 6) is 0.0169. The van der Waals surface area contributed by atoms with Crippen molar-refractivity contribution in [3.63, 3.8) is 0 Å². The molecule has 2 aliphatic heterocycles. The number of Topliss-reactive ketones (excluding diaryl/α,β-unsaturated/α-hetero) is 1. The average Bonchev–Trinajstić information content (AvgIpc) is 2.88. The Morgan fingerprint density at radius 1 is 1.53 bits per heavy atom. The maximum Gasteiger partial charge on any atom is 0.224 e. The number of hydrogen-bond acceptors (Lipinski definition) is 4. The molecule has 0 radical (unpaired) electrons. The average molecular weight is 240 g/mol. The van der Waals surface area contributed by atoms with Crippen molar-refractivity contribution >= 4 is 11.7 Å². The molecular formula is C12H20N2O3. The molecule has 2 heterocycles. The van der Waals surface area contributed by atoms with E-state index in [0.29, 0.717) is 26.3 Å². The molecule has 2 aliphatic rings. The summed E-state index contributed by atoms with van der Waals surface area (Å²) in [4.78, 5) is 25.3. The molecule has 2 saturated heterocycles. The van der Waals surface area contributed by atoms with E-state index in [1.807, 2.05) is 11.8 Å². The van der Waals surface area contributed by atoms with E-state index in [0.717, 1.165) is 19.4 Å². The van der Waals surface area contributed by atoms with Crippen LogP contribution in [0.2, 0.25) is 0 Å². The third-order valence-corrected chi connectivity index (χ3v) is 3.91. The van der Waals surface area contributed by atoms with Crippen LogP contribution >= 0.6 is 0 Å². The molecule has 0 aromatic rings. The second-order valence-electron chi connectivity index (χ2n) is 5.41. The third kappa shape index (κ3) is 2.66. The summed E-state index contributed by atoms with van der Waals surface area (Å²) in [5, 5.41) is 0. The lowest BCUT2D eigenvalue weighted by Gasteiger charge is -2.21. The van der Waals surface area contributed by atoms with Crippen molar-refractivity contribution in [1.82, 2.24) is 4.90 Å². The number of nitrogens with zero attached hydrogens (tertiary/aromatic N) is 1. The number of primary amides is 1. The number of likely N-dealkylation sites (tertiary alicyclic amines) is 1. The Hall–Kier alpha value is -0.940. The van der Waals surface area contributed by atoms with Crippen LogP contribution in [0.1, 0.15) is 19.8 Å². The number of ether oxygens (including phenoxy) is 1. The number of nitrogens with two attached hydrogens (primary N) is 1. The highest BCUT2D eigenvalue weighted by Crippen LogP contribution is 2.29. The molecule has 2 fully saturated rings. The van der Waals surface area contributed by atoms with Crippen LogP contribution in [0.3, 0.4) is 0 Å². The molecule has 5 heteroatoms. The zero-order chi connectivity index (χ0) is 12.5. The zero-order valence-corrected chi connectivity index (χ0v) is 10.3. The molecule has 0 saturated carbocycles. The first kappa shape index (κ1) is 12.5. The Kier molecular flexibility index (Phi) is 3.49. The smallest absolute Gasteiger partial charge is 0.224 e. The van der Waals surface area contributed by atoms with Crippen molar-refractivity contribution in [2.24, 2.45) is 17.1 Å². The minimum atomic E-state index is -0.466. The molecule has 0 bridgehead atoms. The van der Waals surface area contributed by atoms with E-state index >= 15 is 0 Å². The third-order valence-electron chi connectivity index (χ3n) is 3.91. The van der Waals surface area contributed by atoms with Crippen molar-refractivity contribution in [3.8, 4) is 0 Å². The molecule has 1 amide bonds. The summed E-state index contributed by atoms with van der Waals surface area (Å²) >= 11 is 0. The van der Waals surface area contributed by atoms with E-state index in [9.17, 15) is 9.59 Å². The van der Waals surface area contributed by atoms with E-state index in [2.05, 4.69) is 0 Å². The quantitative estimate of drug-likeness (QED) is 0.738. The van der Waals surface area contributed by atoms with Gasteiger partial charge in [0.15, 0.2) is 5.78 Å². The molecular weight excluding hydrogens is 220 g/mol. The van der Waals surface area contributed by atoms with Gasteiger partial charge in [0, 0.05) is 19.1 Å². The second kappa shape index (κ2) is 4.74. The summed E-state index contributed by atoms with van der Waals surface area (Å²) in [6, 6.07) is 0. The van der Waals surface area contributed by atoms with Crippen molar-refractivity contribution in [3.05, 3.63) is 0 Å². The van der Waals surface area contributed by atoms with E-state index in [1.165, 1.54) is 0 Å². The molecule has 17 heavy (non-hydrogen) atoms. The summed E-state index contributed by atoms with van der Waals surface area (Å²) < 4.78 is 5.21. The fraction of sp³-hybridized carbons (Fsp3) is 0.833. The van der Waals surface area contributed by atoms with Gasteiger partial charge in [-0.1, -0.05) is 0 Å². The highest BCUT2D eigenvalue weighted by Gasteiger charge is 2.39. The molecule has 0 aliphatic carbocycles. The Labute approximate surface area is 101 Å². The molecule has 0 aromatic heterocycles. The first-order valence-electron chi connectivity index (χ1n) is 6.14. The van der Waals surface area contributed by atoms with Crippen LogP contribution in [-0.4, -0.2) is 49.4 Å². The van der Waals surface area contributed by atoms with Crippen molar-refractivity contribution in [2.75, 3.05) is 32.8 Å². The fourth-order valence-electron chi connectivity index (χ4n) is 2.53. The van der Waals surface area contributed by atoms with Gasteiger partial charge >= 0.3 is 0 Å². The van der Waals surface area contributed by atoms with Crippen molar-refractivity contribution in [1.29, 1.82) is 0 Å². The zero-order valence-electron chi connectivity index (χ0n) is 10.3. The lowest BCUT2D eigenvalue weighted by Crippen LogP contribution is -2.39. The number of ketones is 1. The van der Waals surface area contributed by atoms with Gasteiger partial charge in [-0.3, -0.25) is 14.5 Å². The van der Waals surface area contributed by atoms with Gasteiger partial charge in [-0.05, 0) is 26.3 Å². The number of amides is 1. The summed E-state index contributed by atoms with van der Waals surface area (Å²) in [6.45, 7) is 4.92. The van der Waals surface area contributed by atoms with Gasteiger partial charge < -0.3 is 10.5 Å². The molecule has 2 rings (SSSR count). The summed E-state index contributed by atoms with van der Waals surface area (Å²) in [6.07, 6.45) is 1.58. The SMILES string of the molecule is CC1(C(N)=O)CCN(CC(=O)C2CCOC2)C1. The van der Waals surface area contributed by atoms with Gasteiger partial charge in [-0.15, -0.1) is 0 Å². The minimum absolute atomic E-state index is 0.0513. The van der Waals surface area contributed by atoms with Crippen LogP contribution in [0.5, 0.6) is 0 Å². The Morgan fingerprint density at radius 2 is 2.29 bits per heavy atom. The monoisotopic (exact) mass is 240 g/mol. The number of carbonyl (C=O) groups is 2. The lowest BCUT2D eigenvalue weighted by atomic mass is 9.89. The predicted molar refractivity (Wildman–Crippen MR) is 62.3 cm³/mol. The molecule has 2 atom stereocenters. The molecule has 96 valence electrons. The van der Waals surface area contributed by atoms with Crippen LogP contribution in [0.4, 0.5) is 0 Å². The van der Waals surface area contributed by atoms with Crippen LogP contribution in [0.15, 0.2) is 0 Å². The van der Waals surface area contributed by atoms with Crippen LogP contribution in [0.25, 0.3) is 0 Å². The van der Waals surface area contributed by atoms with E-state index < -0.39 is 5.41 Å². The van der Waals surface area contributed by atoms with Crippen LogP contribution in [-0.2, 0) is 14.3 Å². The molecule has 2 N–H and O–H groups in total. The number of rotatable bonds is 4. The standard InChI is InChI=1S/C12H20N2O3/c1-12(11(13)16)3-4-14(8-12)6-10(15)9-2-5-17-7-9/h9H,2-8H2,1H3,(H2,13,16). The first-order chi connectivity index (χ1) is 8.01. The lowest BCUT2D eigenvalue weighted by molar-refractivity contribution is -0.127. The van der Waals surface area contributed by atoms with Gasteiger partial charge in [-0.2, -0.15) is 0 Å². The number of hydrogen-bond donors (Lipinski definition) is 1. The van der Waals surface area contributed by atoms with Crippen LogP contribution in [0, 0.1) is 11.3 Å². The maximum atomic E-state index is 11.9. The normalized spacial score (nSPS) is 34.1. The fourth-order valence-corrected chi connectivity index (χ4v) is 2.53. The molecule has 0 aromatic carbocycles. The first-order valence-corrected chi connectivity index (χ1v) is 6.14. The number of carbonyl (C=O) groups excluding carboxylic acids is 2. The minimum Gasteiger partial charge on any atom is -0.381 e. The van der Waals surface area contributed by atoms with Crippen molar-refractivity contribution < 1.29 is 14.3 Å². The maximum absolute atomic E-state index is 11.9. The second-order valence-corrected chi connectivity index (χ2v) is 5.41. The van der Waals surface area contributed by atoms with Crippen molar-refractivity contribution in [2.45, 2.75) is 19.8 Å². The highest BCUT2D eigenvalue weighted by atomic mass is 16.5.